The Morgan fingerprint density at radius 3 is 2.78 bits per heavy atom. The van der Waals surface area contributed by atoms with Gasteiger partial charge in [-0.05, 0) is 18.8 Å². The van der Waals surface area contributed by atoms with Gasteiger partial charge in [-0.1, -0.05) is 19.0 Å². The fourth-order valence-electron chi connectivity index (χ4n) is 2.09. The molecule has 0 bridgehead atoms. The second kappa shape index (κ2) is 5.06. The quantitative estimate of drug-likeness (QED) is 0.921. The van der Waals surface area contributed by atoms with E-state index in [9.17, 15) is 0 Å². The number of aromatic nitrogens is 2. The van der Waals surface area contributed by atoms with Gasteiger partial charge in [-0.15, -0.1) is 11.8 Å². The van der Waals surface area contributed by atoms with Crippen LogP contribution in [0.1, 0.15) is 49.7 Å². The second-order valence-corrected chi connectivity index (χ2v) is 8.22. The third-order valence-electron chi connectivity index (χ3n) is 3.71. The zero-order chi connectivity index (χ0) is 12.7. The van der Waals surface area contributed by atoms with Gasteiger partial charge in [-0.25, -0.2) is 0 Å². The third-order valence-corrected chi connectivity index (χ3v) is 7.10. The van der Waals surface area contributed by atoms with E-state index in [4.69, 9.17) is 10.3 Å². The van der Waals surface area contributed by atoms with Crippen molar-refractivity contribution in [1.82, 2.24) is 10.1 Å². The summed E-state index contributed by atoms with van der Waals surface area (Å²) in [7, 11) is 0. The Hall–Kier alpha value is -0.200. The standard InChI is InChI=1S/C12H19N3OS2/c1-6-7(2)18-9(5-17-6)11-14-12(16-15-11)10(13)8-3-4-8/h6-10H,3-5,13H2,1-2H3. The zero-order valence-corrected chi connectivity index (χ0v) is 12.3. The molecule has 4 nitrogen and oxygen atoms in total. The zero-order valence-electron chi connectivity index (χ0n) is 10.7. The van der Waals surface area contributed by atoms with Crippen molar-refractivity contribution in [3.8, 4) is 0 Å². The van der Waals surface area contributed by atoms with Crippen LogP contribution >= 0.6 is 23.5 Å². The highest BCUT2D eigenvalue weighted by Gasteiger charge is 2.35. The summed E-state index contributed by atoms with van der Waals surface area (Å²) in [6, 6.07) is -0.0520. The van der Waals surface area contributed by atoms with Crippen molar-refractivity contribution in [3.05, 3.63) is 11.7 Å². The second-order valence-electron chi connectivity index (χ2n) is 5.22. The van der Waals surface area contributed by atoms with Gasteiger partial charge in [-0.3, -0.25) is 0 Å². The molecule has 1 saturated heterocycles. The van der Waals surface area contributed by atoms with Gasteiger partial charge >= 0.3 is 0 Å². The highest BCUT2D eigenvalue weighted by atomic mass is 32.2. The highest BCUT2D eigenvalue weighted by molar-refractivity contribution is 8.07. The minimum Gasteiger partial charge on any atom is -0.338 e. The number of nitrogens with zero attached hydrogens (tertiary/aromatic N) is 2. The minimum absolute atomic E-state index is 0.0520. The number of rotatable bonds is 3. The van der Waals surface area contributed by atoms with E-state index in [1.807, 2.05) is 23.5 Å². The van der Waals surface area contributed by atoms with Gasteiger partial charge in [0.2, 0.25) is 5.89 Å². The van der Waals surface area contributed by atoms with Crippen LogP contribution in [0.5, 0.6) is 0 Å². The molecule has 0 aromatic carbocycles. The first kappa shape index (κ1) is 12.8. The van der Waals surface area contributed by atoms with Crippen LogP contribution in [-0.2, 0) is 0 Å². The van der Waals surface area contributed by atoms with Crippen LogP contribution in [0.4, 0.5) is 0 Å². The number of nitrogens with two attached hydrogens (primary N) is 1. The Morgan fingerprint density at radius 1 is 1.33 bits per heavy atom. The summed E-state index contributed by atoms with van der Waals surface area (Å²) in [5, 5.41) is 5.81. The molecule has 3 rings (SSSR count). The molecule has 4 unspecified atom stereocenters. The monoisotopic (exact) mass is 285 g/mol. The molecule has 0 spiro atoms. The summed E-state index contributed by atoms with van der Waals surface area (Å²) in [5.74, 6) is 3.08. The Balaban J connectivity index is 1.69. The first-order valence-corrected chi connectivity index (χ1v) is 8.50. The normalized spacial score (nSPS) is 34.5. The summed E-state index contributed by atoms with van der Waals surface area (Å²) < 4.78 is 5.33. The molecule has 1 aromatic heterocycles. The van der Waals surface area contributed by atoms with Crippen molar-refractivity contribution in [2.75, 3.05) is 5.75 Å². The molecular weight excluding hydrogens is 266 g/mol. The highest BCUT2D eigenvalue weighted by Crippen LogP contribution is 2.44. The van der Waals surface area contributed by atoms with Gasteiger partial charge in [0.1, 0.15) is 0 Å². The first-order chi connectivity index (χ1) is 8.65. The molecule has 0 amide bonds. The molecular formula is C12H19N3OS2. The molecule has 6 heteroatoms. The Morgan fingerprint density at radius 2 is 2.11 bits per heavy atom. The fraction of sp³-hybridized carbons (Fsp3) is 0.833. The van der Waals surface area contributed by atoms with E-state index in [-0.39, 0.29) is 6.04 Å². The van der Waals surface area contributed by atoms with Crippen LogP contribution in [0.15, 0.2) is 4.52 Å². The molecule has 18 heavy (non-hydrogen) atoms. The average molecular weight is 285 g/mol. The molecule has 2 fully saturated rings. The molecule has 2 heterocycles. The number of hydrogen-bond acceptors (Lipinski definition) is 6. The molecule has 4 atom stereocenters. The third kappa shape index (κ3) is 2.56. The first-order valence-electron chi connectivity index (χ1n) is 6.51. The van der Waals surface area contributed by atoms with Crippen molar-refractivity contribution in [3.63, 3.8) is 0 Å². The summed E-state index contributed by atoms with van der Waals surface area (Å²) in [4.78, 5) is 4.52. The molecule has 0 radical (unpaired) electrons. The van der Waals surface area contributed by atoms with Crippen LogP contribution < -0.4 is 5.73 Å². The van der Waals surface area contributed by atoms with Gasteiger partial charge in [0.15, 0.2) is 5.82 Å². The fourth-order valence-corrected chi connectivity index (χ4v) is 4.92. The molecule has 1 aliphatic heterocycles. The van der Waals surface area contributed by atoms with Gasteiger partial charge in [0.25, 0.3) is 0 Å². The predicted molar refractivity (Wildman–Crippen MR) is 75.7 cm³/mol. The SMILES string of the molecule is CC1SCC(c2noc(C(N)C3CC3)n2)SC1C. The van der Waals surface area contributed by atoms with E-state index in [0.717, 1.165) is 11.6 Å². The minimum atomic E-state index is -0.0520. The number of hydrogen-bond donors (Lipinski definition) is 1. The van der Waals surface area contributed by atoms with Crippen LogP contribution in [-0.4, -0.2) is 26.4 Å². The smallest absolute Gasteiger partial charge is 0.243 e. The largest absolute Gasteiger partial charge is 0.338 e. The molecule has 1 saturated carbocycles. The predicted octanol–water partition coefficient (Wildman–Crippen LogP) is 2.78. The van der Waals surface area contributed by atoms with Crippen molar-refractivity contribution in [1.29, 1.82) is 0 Å². The van der Waals surface area contributed by atoms with E-state index >= 15 is 0 Å². The van der Waals surface area contributed by atoms with Crippen LogP contribution in [0.25, 0.3) is 0 Å². The Kier molecular flexibility index (Phi) is 3.60. The molecule has 2 aliphatic rings. The lowest BCUT2D eigenvalue weighted by Crippen LogP contribution is -2.22. The van der Waals surface area contributed by atoms with Crippen LogP contribution in [0.3, 0.4) is 0 Å². The molecule has 100 valence electrons. The summed E-state index contributed by atoms with van der Waals surface area (Å²) in [6.45, 7) is 4.55. The summed E-state index contributed by atoms with van der Waals surface area (Å²) in [5.41, 5.74) is 6.08. The summed E-state index contributed by atoms with van der Waals surface area (Å²) in [6.07, 6.45) is 2.39. The van der Waals surface area contributed by atoms with Crippen LogP contribution in [0.2, 0.25) is 0 Å². The van der Waals surface area contributed by atoms with Crippen molar-refractivity contribution < 1.29 is 4.52 Å². The van der Waals surface area contributed by atoms with Crippen molar-refractivity contribution >= 4 is 23.5 Å². The average Bonchev–Trinajstić information content (AvgIpc) is 3.09. The topological polar surface area (TPSA) is 64.9 Å². The van der Waals surface area contributed by atoms with Gasteiger partial charge in [-0.2, -0.15) is 16.7 Å². The van der Waals surface area contributed by atoms with Gasteiger partial charge in [0.05, 0.1) is 11.3 Å². The molecule has 2 N–H and O–H groups in total. The Labute approximate surface area is 116 Å². The van der Waals surface area contributed by atoms with E-state index < -0.39 is 0 Å². The lowest BCUT2D eigenvalue weighted by molar-refractivity contribution is 0.340. The van der Waals surface area contributed by atoms with E-state index in [2.05, 4.69) is 24.0 Å². The molecule has 1 aromatic rings. The number of thioether (sulfide) groups is 2. The maximum atomic E-state index is 6.08. The van der Waals surface area contributed by atoms with Crippen molar-refractivity contribution in [2.45, 2.75) is 48.5 Å². The summed E-state index contributed by atoms with van der Waals surface area (Å²) >= 11 is 3.94. The molecule has 1 aliphatic carbocycles. The van der Waals surface area contributed by atoms with Gasteiger partial charge < -0.3 is 10.3 Å². The van der Waals surface area contributed by atoms with Crippen molar-refractivity contribution in [2.24, 2.45) is 11.7 Å². The van der Waals surface area contributed by atoms with E-state index in [0.29, 0.717) is 27.6 Å². The maximum absolute atomic E-state index is 6.08. The van der Waals surface area contributed by atoms with E-state index in [1.165, 1.54) is 12.8 Å². The van der Waals surface area contributed by atoms with Crippen LogP contribution in [0, 0.1) is 5.92 Å². The Bertz CT molecular complexity index is 421. The maximum Gasteiger partial charge on any atom is 0.243 e. The van der Waals surface area contributed by atoms with Gasteiger partial charge in [0, 0.05) is 16.3 Å². The van der Waals surface area contributed by atoms with E-state index in [1.54, 1.807) is 0 Å². The lowest BCUT2D eigenvalue weighted by atomic mass is 10.2. The lowest BCUT2D eigenvalue weighted by Gasteiger charge is -2.29.